The lowest BCUT2D eigenvalue weighted by Crippen LogP contribution is -2.44. The van der Waals surface area contributed by atoms with Gasteiger partial charge in [0.1, 0.15) is 18.5 Å². The number of cyclic esters (lactones) is 1. The summed E-state index contributed by atoms with van der Waals surface area (Å²) in [5, 5.41) is 2.71. The number of ether oxygens (including phenoxy) is 2. The van der Waals surface area contributed by atoms with Crippen molar-refractivity contribution in [2.75, 3.05) is 0 Å². The van der Waals surface area contributed by atoms with E-state index in [9.17, 15) is 14.0 Å². The summed E-state index contributed by atoms with van der Waals surface area (Å²) in [6, 6.07) is 14.1. The van der Waals surface area contributed by atoms with E-state index in [2.05, 4.69) is 5.32 Å². The summed E-state index contributed by atoms with van der Waals surface area (Å²) in [6.07, 6.45) is 2.20. The molecule has 2 aromatic carbocycles. The van der Waals surface area contributed by atoms with Crippen molar-refractivity contribution >= 4 is 12.1 Å². The zero-order valence-corrected chi connectivity index (χ0v) is 14.1. The van der Waals surface area contributed by atoms with Crippen molar-refractivity contribution in [2.45, 2.75) is 25.2 Å². The molecule has 0 aromatic heterocycles. The van der Waals surface area contributed by atoms with Gasteiger partial charge in [0.25, 0.3) is 0 Å². The summed E-state index contributed by atoms with van der Waals surface area (Å²) in [4.78, 5) is 23.8. The molecule has 1 aliphatic rings. The molecule has 0 aliphatic carbocycles. The molecule has 5 nitrogen and oxygen atoms in total. The topological polar surface area (TPSA) is 64.6 Å². The van der Waals surface area contributed by atoms with E-state index in [-0.39, 0.29) is 6.61 Å². The van der Waals surface area contributed by atoms with Crippen LogP contribution in [0.15, 0.2) is 66.7 Å². The Hall–Kier alpha value is -3.15. The van der Waals surface area contributed by atoms with E-state index < -0.39 is 29.5 Å². The van der Waals surface area contributed by atoms with Crippen LogP contribution in [0.25, 0.3) is 0 Å². The van der Waals surface area contributed by atoms with E-state index in [1.807, 2.05) is 30.3 Å². The molecule has 0 radical (unpaired) electrons. The van der Waals surface area contributed by atoms with Crippen molar-refractivity contribution in [1.82, 2.24) is 5.32 Å². The number of benzene rings is 2. The third-order valence-corrected chi connectivity index (χ3v) is 4.12. The molecule has 1 aliphatic heterocycles. The molecule has 0 spiro atoms. The summed E-state index contributed by atoms with van der Waals surface area (Å²) in [5.74, 6) is -0.901. The van der Waals surface area contributed by atoms with Gasteiger partial charge in [-0.1, -0.05) is 42.5 Å². The lowest BCUT2D eigenvalue weighted by Gasteiger charge is -2.32. The van der Waals surface area contributed by atoms with Gasteiger partial charge in [-0.25, -0.2) is 14.0 Å². The van der Waals surface area contributed by atoms with Crippen LogP contribution >= 0.6 is 0 Å². The Morgan fingerprint density at radius 3 is 2.50 bits per heavy atom. The zero-order valence-electron chi connectivity index (χ0n) is 14.1. The summed E-state index contributed by atoms with van der Waals surface area (Å²) in [7, 11) is 0. The molecule has 0 fully saturated rings. The number of hydrogen-bond acceptors (Lipinski definition) is 4. The van der Waals surface area contributed by atoms with Gasteiger partial charge in [-0.3, -0.25) is 0 Å². The Kier molecular flexibility index (Phi) is 5.02. The fourth-order valence-corrected chi connectivity index (χ4v) is 2.77. The first kappa shape index (κ1) is 17.7. The summed E-state index contributed by atoms with van der Waals surface area (Å²) in [5.41, 5.74) is 0.338. The number of halogens is 1. The smallest absolute Gasteiger partial charge is 0.408 e. The second kappa shape index (κ2) is 7.39. The van der Waals surface area contributed by atoms with Crippen molar-refractivity contribution in [2.24, 2.45) is 0 Å². The summed E-state index contributed by atoms with van der Waals surface area (Å²) < 4.78 is 23.8. The van der Waals surface area contributed by atoms with Gasteiger partial charge in [-0.15, -0.1) is 0 Å². The number of alkyl carbamates (subject to hydrolysis) is 1. The molecule has 2 atom stereocenters. The van der Waals surface area contributed by atoms with Crippen molar-refractivity contribution in [3.63, 3.8) is 0 Å². The van der Waals surface area contributed by atoms with Gasteiger partial charge in [0, 0.05) is 6.08 Å². The second-order valence-electron chi connectivity index (χ2n) is 6.13. The third-order valence-electron chi connectivity index (χ3n) is 4.12. The van der Waals surface area contributed by atoms with E-state index in [1.165, 1.54) is 30.3 Å². The highest BCUT2D eigenvalue weighted by molar-refractivity contribution is 5.85. The fraction of sp³-hybridized carbons (Fsp3) is 0.200. The van der Waals surface area contributed by atoms with E-state index in [1.54, 1.807) is 13.0 Å². The Morgan fingerprint density at radius 2 is 1.88 bits per heavy atom. The lowest BCUT2D eigenvalue weighted by atomic mass is 9.90. The predicted molar refractivity (Wildman–Crippen MR) is 92.5 cm³/mol. The van der Waals surface area contributed by atoms with Crippen LogP contribution in [0.2, 0.25) is 0 Å². The van der Waals surface area contributed by atoms with E-state index in [0.717, 1.165) is 5.56 Å². The van der Waals surface area contributed by atoms with Gasteiger partial charge in [0.15, 0.2) is 5.60 Å². The van der Waals surface area contributed by atoms with Crippen LogP contribution in [0.3, 0.4) is 0 Å². The Balaban J connectivity index is 1.75. The number of esters is 1. The normalized spacial score (nSPS) is 19.7. The quantitative estimate of drug-likeness (QED) is 0.832. The molecule has 0 bridgehead atoms. The SMILES string of the molecule is CC1([C@@H](NC(=O)OCc2ccccc2)c2ccc(F)cc2)C=CC(=O)O1. The molecule has 6 heteroatoms. The fourth-order valence-electron chi connectivity index (χ4n) is 2.77. The molecule has 0 saturated heterocycles. The molecule has 1 heterocycles. The number of amides is 1. The van der Waals surface area contributed by atoms with Crippen LogP contribution in [0.1, 0.15) is 24.1 Å². The summed E-state index contributed by atoms with van der Waals surface area (Å²) in [6.45, 7) is 1.77. The number of carbonyl (C=O) groups is 2. The lowest BCUT2D eigenvalue weighted by molar-refractivity contribution is -0.146. The highest BCUT2D eigenvalue weighted by Crippen LogP contribution is 2.34. The van der Waals surface area contributed by atoms with Crippen LogP contribution in [0.5, 0.6) is 0 Å². The first-order valence-electron chi connectivity index (χ1n) is 8.11. The van der Waals surface area contributed by atoms with E-state index in [4.69, 9.17) is 9.47 Å². The van der Waals surface area contributed by atoms with Crippen molar-refractivity contribution < 1.29 is 23.5 Å². The van der Waals surface area contributed by atoms with Crippen LogP contribution in [-0.4, -0.2) is 17.7 Å². The second-order valence-corrected chi connectivity index (χ2v) is 6.13. The largest absolute Gasteiger partial charge is 0.449 e. The maximum absolute atomic E-state index is 13.2. The van der Waals surface area contributed by atoms with Crippen molar-refractivity contribution in [3.05, 3.63) is 83.7 Å². The minimum Gasteiger partial charge on any atom is -0.449 e. The first-order chi connectivity index (χ1) is 12.5. The van der Waals surface area contributed by atoms with Crippen LogP contribution < -0.4 is 5.32 Å². The van der Waals surface area contributed by atoms with Crippen molar-refractivity contribution in [1.29, 1.82) is 0 Å². The molecule has 134 valence electrons. The highest BCUT2D eigenvalue weighted by atomic mass is 19.1. The molecule has 2 aromatic rings. The van der Waals surface area contributed by atoms with Gasteiger partial charge in [-0.05, 0) is 36.3 Å². The standard InChI is InChI=1S/C20H18FNO4/c1-20(12-11-17(23)26-20)18(15-7-9-16(21)10-8-15)22-19(24)25-13-14-5-3-2-4-6-14/h2-12,18H,13H2,1H3,(H,22,24)/t18-,20?/m0/s1. The average Bonchev–Trinajstić information content (AvgIpc) is 2.99. The third kappa shape index (κ3) is 4.08. The van der Waals surface area contributed by atoms with Crippen LogP contribution in [-0.2, 0) is 20.9 Å². The predicted octanol–water partition coefficient (Wildman–Crippen LogP) is 3.66. The Morgan fingerprint density at radius 1 is 1.19 bits per heavy atom. The monoisotopic (exact) mass is 355 g/mol. The van der Waals surface area contributed by atoms with Gasteiger partial charge in [0.2, 0.25) is 0 Å². The number of carbonyl (C=O) groups excluding carboxylic acids is 2. The number of hydrogen-bond donors (Lipinski definition) is 1. The molecular weight excluding hydrogens is 337 g/mol. The molecule has 3 rings (SSSR count). The molecule has 0 saturated carbocycles. The molecule has 26 heavy (non-hydrogen) atoms. The maximum Gasteiger partial charge on any atom is 0.408 e. The minimum atomic E-state index is -1.10. The van der Waals surface area contributed by atoms with Gasteiger partial charge < -0.3 is 14.8 Å². The first-order valence-corrected chi connectivity index (χ1v) is 8.11. The van der Waals surface area contributed by atoms with Crippen LogP contribution in [0.4, 0.5) is 9.18 Å². The molecular formula is C20H18FNO4. The average molecular weight is 355 g/mol. The Labute approximate surface area is 150 Å². The van der Waals surface area contributed by atoms with Crippen LogP contribution in [0, 0.1) is 5.82 Å². The van der Waals surface area contributed by atoms with Gasteiger partial charge in [0.05, 0.1) is 0 Å². The molecule has 1 N–H and O–H groups in total. The zero-order chi connectivity index (χ0) is 18.6. The highest BCUT2D eigenvalue weighted by Gasteiger charge is 2.41. The number of nitrogens with one attached hydrogen (secondary N) is 1. The van der Waals surface area contributed by atoms with Crippen molar-refractivity contribution in [3.8, 4) is 0 Å². The van der Waals surface area contributed by atoms with E-state index >= 15 is 0 Å². The molecule has 1 unspecified atom stereocenters. The Bertz CT molecular complexity index is 819. The minimum absolute atomic E-state index is 0.106. The van der Waals surface area contributed by atoms with Gasteiger partial charge in [-0.2, -0.15) is 0 Å². The molecule has 1 amide bonds. The number of rotatable bonds is 5. The van der Waals surface area contributed by atoms with E-state index in [0.29, 0.717) is 5.56 Å². The summed E-state index contributed by atoms with van der Waals surface area (Å²) >= 11 is 0. The maximum atomic E-state index is 13.2. The van der Waals surface area contributed by atoms with Gasteiger partial charge >= 0.3 is 12.1 Å².